The first kappa shape index (κ1) is 14.6. The van der Waals surface area contributed by atoms with Gasteiger partial charge in [0.25, 0.3) is 0 Å². The second-order valence-corrected chi connectivity index (χ2v) is 5.90. The van der Waals surface area contributed by atoms with Crippen molar-refractivity contribution >= 4 is 0 Å². The van der Waals surface area contributed by atoms with Crippen LogP contribution in [-0.4, -0.2) is 11.5 Å². The molecule has 0 saturated heterocycles. The van der Waals surface area contributed by atoms with Crippen LogP contribution in [0.25, 0.3) is 0 Å². The molecular weight excluding hydrogens is 236 g/mol. The van der Waals surface area contributed by atoms with Gasteiger partial charge in [0.05, 0.1) is 12.2 Å². The number of nitrogens with one attached hydrogen (secondary N) is 1. The van der Waals surface area contributed by atoms with Gasteiger partial charge in [0.2, 0.25) is 5.89 Å². The molecule has 0 amide bonds. The lowest BCUT2D eigenvalue weighted by Gasteiger charge is -2.12. The largest absolute Gasteiger partial charge is 0.444 e. The topological polar surface area (TPSA) is 38.1 Å². The molecule has 1 atom stereocenters. The average Bonchev–Trinajstić information content (AvgIpc) is 2.73. The standard InChI is InChI=1S/C16H28N2O/c1-3-10-17-13(2)16-18-12-15(19-16)11-14-8-6-4-5-7-9-14/h12-14,17H,3-11H2,1-2H3. The molecule has 3 heteroatoms. The van der Waals surface area contributed by atoms with Crippen molar-refractivity contribution in [3.05, 3.63) is 17.8 Å². The van der Waals surface area contributed by atoms with Crippen LogP contribution in [0.15, 0.2) is 10.6 Å². The minimum absolute atomic E-state index is 0.225. The zero-order valence-corrected chi connectivity index (χ0v) is 12.5. The Morgan fingerprint density at radius 3 is 2.74 bits per heavy atom. The Morgan fingerprint density at radius 1 is 1.32 bits per heavy atom. The number of nitrogens with zero attached hydrogens (tertiary/aromatic N) is 1. The van der Waals surface area contributed by atoms with Crippen LogP contribution in [-0.2, 0) is 6.42 Å². The fourth-order valence-electron chi connectivity index (χ4n) is 2.92. The lowest BCUT2D eigenvalue weighted by Crippen LogP contribution is -2.19. The van der Waals surface area contributed by atoms with E-state index in [0.717, 1.165) is 37.0 Å². The van der Waals surface area contributed by atoms with Gasteiger partial charge in [-0.2, -0.15) is 0 Å². The Balaban J connectivity index is 1.85. The van der Waals surface area contributed by atoms with Gasteiger partial charge in [0, 0.05) is 6.42 Å². The SMILES string of the molecule is CCCNC(C)c1ncc(CC2CCCCCC2)o1. The van der Waals surface area contributed by atoms with E-state index >= 15 is 0 Å². The smallest absolute Gasteiger partial charge is 0.211 e. The highest BCUT2D eigenvalue weighted by Gasteiger charge is 2.17. The molecule has 19 heavy (non-hydrogen) atoms. The Labute approximate surface area is 117 Å². The lowest BCUT2D eigenvalue weighted by atomic mass is 9.96. The maximum Gasteiger partial charge on any atom is 0.211 e. The molecule has 1 aliphatic carbocycles. The normalized spacial score (nSPS) is 19.3. The quantitative estimate of drug-likeness (QED) is 0.781. The van der Waals surface area contributed by atoms with Gasteiger partial charge < -0.3 is 9.73 Å². The minimum atomic E-state index is 0.225. The van der Waals surface area contributed by atoms with Crippen LogP contribution in [0.1, 0.15) is 76.5 Å². The van der Waals surface area contributed by atoms with E-state index in [4.69, 9.17) is 4.42 Å². The number of hydrogen-bond acceptors (Lipinski definition) is 3. The molecule has 1 aromatic rings. The number of aromatic nitrogens is 1. The first-order chi connectivity index (χ1) is 9.29. The Bertz CT molecular complexity index is 353. The molecule has 1 heterocycles. The number of oxazole rings is 1. The first-order valence-electron chi connectivity index (χ1n) is 7.97. The van der Waals surface area contributed by atoms with Crippen LogP contribution in [0.4, 0.5) is 0 Å². The van der Waals surface area contributed by atoms with Crippen LogP contribution in [0.2, 0.25) is 0 Å². The summed E-state index contributed by atoms with van der Waals surface area (Å²) in [6.07, 6.45) is 12.5. The summed E-state index contributed by atoms with van der Waals surface area (Å²) in [6, 6.07) is 0.225. The maximum absolute atomic E-state index is 5.91. The number of hydrogen-bond donors (Lipinski definition) is 1. The summed E-state index contributed by atoms with van der Waals surface area (Å²) in [5, 5.41) is 3.42. The summed E-state index contributed by atoms with van der Waals surface area (Å²) in [7, 11) is 0. The molecule has 1 fully saturated rings. The van der Waals surface area contributed by atoms with Crippen molar-refractivity contribution < 1.29 is 4.42 Å². The molecule has 2 rings (SSSR count). The molecule has 0 radical (unpaired) electrons. The molecule has 0 spiro atoms. The molecular formula is C16H28N2O. The van der Waals surface area contributed by atoms with Crippen molar-refractivity contribution in [3.63, 3.8) is 0 Å². The van der Waals surface area contributed by atoms with E-state index in [1.807, 2.05) is 6.20 Å². The second kappa shape index (κ2) is 7.68. The molecule has 1 unspecified atom stereocenters. The maximum atomic E-state index is 5.91. The number of rotatable bonds is 6. The van der Waals surface area contributed by atoms with Crippen LogP contribution in [0, 0.1) is 5.92 Å². The predicted octanol–water partition coefficient (Wildman–Crippen LogP) is 4.25. The highest BCUT2D eigenvalue weighted by atomic mass is 16.4. The van der Waals surface area contributed by atoms with E-state index in [9.17, 15) is 0 Å². The summed E-state index contributed by atoms with van der Waals surface area (Å²) in [4.78, 5) is 4.43. The summed E-state index contributed by atoms with van der Waals surface area (Å²) < 4.78 is 5.91. The van der Waals surface area contributed by atoms with Gasteiger partial charge in [-0.3, -0.25) is 0 Å². The molecule has 1 aliphatic rings. The van der Waals surface area contributed by atoms with E-state index in [1.165, 1.54) is 38.5 Å². The molecule has 0 aliphatic heterocycles. The molecule has 1 saturated carbocycles. The van der Waals surface area contributed by atoms with Crippen molar-refractivity contribution in [1.82, 2.24) is 10.3 Å². The highest BCUT2D eigenvalue weighted by molar-refractivity contribution is 4.98. The molecule has 0 aromatic carbocycles. The summed E-state index contributed by atoms with van der Waals surface area (Å²) in [5.41, 5.74) is 0. The monoisotopic (exact) mass is 264 g/mol. The Kier molecular flexibility index (Phi) is 5.90. The van der Waals surface area contributed by atoms with Gasteiger partial charge >= 0.3 is 0 Å². The summed E-state index contributed by atoms with van der Waals surface area (Å²) >= 11 is 0. The van der Waals surface area contributed by atoms with Gasteiger partial charge in [-0.1, -0.05) is 45.4 Å². The van der Waals surface area contributed by atoms with Crippen molar-refractivity contribution in [2.24, 2.45) is 5.92 Å². The minimum Gasteiger partial charge on any atom is -0.444 e. The third-order valence-corrected chi connectivity index (χ3v) is 4.11. The summed E-state index contributed by atoms with van der Waals surface area (Å²) in [5.74, 6) is 2.73. The van der Waals surface area contributed by atoms with Crippen molar-refractivity contribution in [1.29, 1.82) is 0 Å². The zero-order chi connectivity index (χ0) is 13.5. The predicted molar refractivity (Wildman–Crippen MR) is 78.1 cm³/mol. The van der Waals surface area contributed by atoms with Crippen molar-refractivity contribution in [2.75, 3.05) is 6.54 Å². The van der Waals surface area contributed by atoms with Crippen LogP contribution in [0.3, 0.4) is 0 Å². The lowest BCUT2D eigenvalue weighted by molar-refractivity contribution is 0.361. The van der Waals surface area contributed by atoms with Gasteiger partial charge in [-0.05, 0) is 25.8 Å². The van der Waals surface area contributed by atoms with E-state index in [2.05, 4.69) is 24.1 Å². The van der Waals surface area contributed by atoms with E-state index < -0.39 is 0 Å². The van der Waals surface area contributed by atoms with Gasteiger partial charge in [0.15, 0.2) is 0 Å². The zero-order valence-electron chi connectivity index (χ0n) is 12.5. The fraction of sp³-hybridized carbons (Fsp3) is 0.812. The molecule has 1 N–H and O–H groups in total. The average molecular weight is 264 g/mol. The van der Waals surface area contributed by atoms with Crippen LogP contribution in [0.5, 0.6) is 0 Å². The third-order valence-electron chi connectivity index (χ3n) is 4.11. The van der Waals surface area contributed by atoms with Crippen LogP contribution < -0.4 is 5.32 Å². The van der Waals surface area contributed by atoms with Crippen molar-refractivity contribution in [3.8, 4) is 0 Å². The molecule has 0 bridgehead atoms. The highest BCUT2D eigenvalue weighted by Crippen LogP contribution is 2.26. The van der Waals surface area contributed by atoms with Crippen molar-refractivity contribution in [2.45, 2.75) is 71.3 Å². The van der Waals surface area contributed by atoms with E-state index in [0.29, 0.717) is 0 Å². The Morgan fingerprint density at radius 2 is 2.05 bits per heavy atom. The molecule has 3 nitrogen and oxygen atoms in total. The second-order valence-electron chi connectivity index (χ2n) is 5.90. The molecule has 1 aromatic heterocycles. The first-order valence-corrected chi connectivity index (χ1v) is 7.97. The van der Waals surface area contributed by atoms with E-state index in [-0.39, 0.29) is 6.04 Å². The van der Waals surface area contributed by atoms with Gasteiger partial charge in [-0.15, -0.1) is 0 Å². The molecule has 108 valence electrons. The van der Waals surface area contributed by atoms with Gasteiger partial charge in [0.1, 0.15) is 5.76 Å². The van der Waals surface area contributed by atoms with E-state index in [1.54, 1.807) is 0 Å². The Hall–Kier alpha value is -0.830. The van der Waals surface area contributed by atoms with Gasteiger partial charge in [-0.25, -0.2) is 4.98 Å². The summed E-state index contributed by atoms with van der Waals surface area (Å²) in [6.45, 7) is 5.31. The fourth-order valence-corrected chi connectivity index (χ4v) is 2.92. The third kappa shape index (κ3) is 4.64. The van der Waals surface area contributed by atoms with Crippen LogP contribution >= 0.6 is 0 Å².